The molecule has 2 N–H and O–H groups in total. The topological polar surface area (TPSA) is 67.8 Å². The number of rotatable bonds is 6. The number of hydrogen-bond acceptors (Lipinski definition) is 4. The first-order valence-electron chi connectivity index (χ1n) is 6.51. The summed E-state index contributed by atoms with van der Waals surface area (Å²) in [5, 5.41) is 11.8. The van der Waals surface area contributed by atoms with Crippen molar-refractivity contribution in [2.24, 2.45) is 0 Å². The van der Waals surface area contributed by atoms with Gasteiger partial charge in [0.15, 0.2) is 11.5 Å². The summed E-state index contributed by atoms with van der Waals surface area (Å²) >= 11 is 0. The quantitative estimate of drug-likeness (QED) is 0.812. The minimum atomic E-state index is -0.149. The van der Waals surface area contributed by atoms with E-state index in [9.17, 15) is 4.79 Å². The molecule has 5 heteroatoms. The number of hydrogen-bond donors (Lipinski definition) is 2. The Morgan fingerprint density at radius 2 is 2.21 bits per heavy atom. The average Bonchev–Trinajstić information content (AvgIpc) is 2.89. The van der Waals surface area contributed by atoms with Crippen LogP contribution in [0.15, 0.2) is 18.2 Å². The number of aryl methyl sites for hydroxylation is 1. The summed E-state index contributed by atoms with van der Waals surface area (Å²) in [4.78, 5) is 11.7. The maximum Gasteiger partial charge on any atom is 0.231 e. The second kappa shape index (κ2) is 6.43. The van der Waals surface area contributed by atoms with E-state index in [4.69, 9.17) is 14.6 Å². The molecule has 1 heterocycles. The molecule has 1 atom stereocenters. The molecule has 1 aliphatic heterocycles. The largest absolute Gasteiger partial charge is 0.454 e. The molecule has 5 nitrogen and oxygen atoms in total. The number of benzene rings is 1. The first kappa shape index (κ1) is 13.7. The number of nitrogens with one attached hydrogen (secondary N) is 1. The minimum Gasteiger partial charge on any atom is -0.454 e. The predicted octanol–water partition coefficient (Wildman–Crippen LogP) is 1.23. The molecule has 0 saturated heterocycles. The summed E-state index contributed by atoms with van der Waals surface area (Å²) in [5.41, 5.74) is 1.04. The van der Waals surface area contributed by atoms with Crippen LogP contribution in [0.3, 0.4) is 0 Å². The molecule has 1 aromatic rings. The van der Waals surface area contributed by atoms with Crippen LogP contribution in [0.25, 0.3) is 0 Å². The van der Waals surface area contributed by atoms with Gasteiger partial charge in [0.25, 0.3) is 0 Å². The Bertz CT molecular complexity index is 443. The van der Waals surface area contributed by atoms with Gasteiger partial charge in [-0.3, -0.25) is 4.79 Å². The molecule has 1 amide bonds. The van der Waals surface area contributed by atoms with E-state index in [0.717, 1.165) is 23.5 Å². The molecule has 0 unspecified atom stereocenters. The zero-order valence-corrected chi connectivity index (χ0v) is 11.0. The molecular formula is C14H19NO4. The highest BCUT2D eigenvalue weighted by Gasteiger charge is 2.14. The van der Waals surface area contributed by atoms with Gasteiger partial charge in [0.1, 0.15) is 0 Å². The number of aliphatic hydroxyl groups is 1. The second-order valence-electron chi connectivity index (χ2n) is 4.54. The highest BCUT2D eigenvalue weighted by atomic mass is 16.7. The van der Waals surface area contributed by atoms with Crippen molar-refractivity contribution in [3.63, 3.8) is 0 Å². The van der Waals surface area contributed by atoms with Crippen LogP contribution in [0.5, 0.6) is 11.5 Å². The van der Waals surface area contributed by atoms with Gasteiger partial charge in [-0.05, 0) is 30.5 Å². The zero-order chi connectivity index (χ0) is 13.7. The summed E-state index contributed by atoms with van der Waals surface area (Å²) < 4.78 is 10.5. The molecular weight excluding hydrogens is 246 g/mol. The normalized spacial score (nSPS) is 14.2. The Morgan fingerprint density at radius 3 is 2.95 bits per heavy atom. The second-order valence-corrected chi connectivity index (χ2v) is 4.54. The van der Waals surface area contributed by atoms with Crippen LogP contribution in [0.2, 0.25) is 0 Å². The van der Waals surface area contributed by atoms with E-state index in [1.165, 1.54) is 0 Å². The van der Waals surface area contributed by atoms with Crippen LogP contribution in [0.1, 0.15) is 25.3 Å². The van der Waals surface area contributed by atoms with Crippen LogP contribution in [0.4, 0.5) is 0 Å². The summed E-state index contributed by atoms with van der Waals surface area (Å²) in [5.74, 6) is 1.44. The van der Waals surface area contributed by atoms with E-state index < -0.39 is 0 Å². The third-order valence-corrected chi connectivity index (χ3v) is 3.16. The minimum absolute atomic E-state index is 0.0216. The first-order valence-corrected chi connectivity index (χ1v) is 6.51. The predicted molar refractivity (Wildman–Crippen MR) is 70.2 cm³/mol. The molecule has 1 aromatic carbocycles. The van der Waals surface area contributed by atoms with Gasteiger partial charge in [-0.2, -0.15) is 0 Å². The molecule has 2 rings (SSSR count). The molecule has 0 spiro atoms. The van der Waals surface area contributed by atoms with Gasteiger partial charge in [0.05, 0.1) is 12.6 Å². The monoisotopic (exact) mass is 265 g/mol. The van der Waals surface area contributed by atoms with Crippen LogP contribution in [-0.2, 0) is 11.2 Å². The Morgan fingerprint density at radius 1 is 1.42 bits per heavy atom. The van der Waals surface area contributed by atoms with Gasteiger partial charge < -0.3 is 19.9 Å². The van der Waals surface area contributed by atoms with Gasteiger partial charge >= 0.3 is 0 Å². The van der Waals surface area contributed by atoms with Gasteiger partial charge in [-0.25, -0.2) is 0 Å². The molecule has 0 radical (unpaired) electrons. The maximum absolute atomic E-state index is 11.7. The van der Waals surface area contributed by atoms with E-state index in [0.29, 0.717) is 12.8 Å². The Labute approximate surface area is 112 Å². The molecule has 0 aliphatic carbocycles. The highest BCUT2D eigenvalue weighted by molar-refractivity contribution is 5.76. The summed E-state index contributed by atoms with van der Waals surface area (Å²) in [6.45, 7) is 2.17. The fourth-order valence-corrected chi connectivity index (χ4v) is 1.93. The molecule has 0 fully saturated rings. The van der Waals surface area contributed by atoms with Crippen LogP contribution in [-0.4, -0.2) is 30.5 Å². The fourth-order valence-electron chi connectivity index (χ4n) is 1.93. The van der Waals surface area contributed by atoms with E-state index in [1.54, 1.807) is 0 Å². The van der Waals surface area contributed by atoms with Crippen molar-refractivity contribution in [2.45, 2.75) is 32.2 Å². The highest BCUT2D eigenvalue weighted by Crippen LogP contribution is 2.32. The molecule has 0 aromatic heterocycles. The third kappa shape index (κ3) is 3.61. The van der Waals surface area contributed by atoms with E-state index in [-0.39, 0.29) is 25.3 Å². The number of carbonyl (C=O) groups excluding carboxylic acids is 1. The lowest BCUT2D eigenvalue weighted by atomic mass is 10.1. The van der Waals surface area contributed by atoms with Crippen molar-refractivity contribution in [1.29, 1.82) is 0 Å². The van der Waals surface area contributed by atoms with Crippen molar-refractivity contribution in [3.8, 4) is 11.5 Å². The molecule has 0 bridgehead atoms. The van der Waals surface area contributed by atoms with Crippen molar-refractivity contribution in [2.75, 3.05) is 13.4 Å². The molecule has 0 saturated carbocycles. The summed E-state index contributed by atoms with van der Waals surface area (Å²) in [7, 11) is 0. The van der Waals surface area contributed by atoms with E-state index in [2.05, 4.69) is 5.32 Å². The van der Waals surface area contributed by atoms with Gasteiger partial charge in [0, 0.05) is 6.42 Å². The number of amides is 1. The third-order valence-electron chi connectivity index (χ3n) is 3.16. The van der Waals surface area contributed by atoms with Crippen LogP contribution in [0, 0.1) is 0 Å². The lowest BCUT2D eigenvalue weighted by molar-refractivity contribution is -0.122. The van der Waals surface area contributed by atoms with Crippen LogP contribution >= 0.6 is 0 Å². The van der Waals surface area contributed by atoms with Crippen molar-refractivity contribution < 1.29 is 19.4 Å². The van der Waals surface area contributed by atoms with E-state index >= 15 is 0 Å². The van der Waals surface area contributed by atoms with Crippen molar-refractivity contribution in [3.05, 3.63) is 23.8 Å². The molecule has 104 valence electrons. The first-order chi connectivity index (χ1) is 9.22. The molecule has 19 heavy (non-hydrogen) atoms. The standard InChI is InChI=1S/C14H19NO4/c1-2-11(8-16)15-14(17)6-4-10-3-5-12-13(7-10)19-9-18-12/h3,5,7,11,16H,2,4,6,8-9H2,1H3,(H,15,17)/t11-/m1/s1. The van der Waals surface area contributed by atoms with Crippen LogP contribution < -0.4 is 14.8 Å². The Kier molecular flexibility index (Phi) is 4.63. The smallest absolute Gasteiger partial charge is 0.231 e. The van der Waals surface area contributed by atoms with Crippen molar-refractivity contribution in [1.82, 2.24) is 5.32 Å². The Hall–Kier alpha value is -1.75. The fraction of sp³-hybridized carbons (Fsp3) is 0.500. The molecule has 1 aliphatic rings. The lowest BCUT2D eigenvalue weighted by Crippen LogP contribution is -2.36. The number of fused-ring (bicyclic) bond motifs is 1. The summed E-state index contributed by atoms with van der Waals surface area (Å²) in [6.07, 6.45) is 1.77. The summed E-state index contributed by atoms with van der Waals surface area (Å²) in [6, 6.07) is 5.55. The van der Waals surface area contributed by atoms with Gasteiger partial charge in [0.2, 0.25) is 12.7 Å². The van der Waals surface area contributed by atoms with Gasteiger partial charge in [-0.15, -0.1) is 0 Å². The maximum atomic E-state index is 11.7. The average molecular weight is 265 g/mol. The Balaban J connectivity index is 1.83. The number of aliphatic hydroxyl groups excluding tert-OH is 1. The van der Waals surface area contributed by atoms with Gasteiger partial charge in [-0.1, -0.05) is 13.0 Å². The number of carbonyl (C=O) groups is 1. The van der Waals surface area contributed by atoms with Crippen molar-refractivity contribution >= 4 is 5.91 Å². The SMILES string of the molecule is CC[C@H](CO)NC(=O)CCc1ccc2c(c1)OCO2. The zero-order valence-electron chi connectivity index (χ0n) is 11.0. The number of ether oxygens (including phenoxy) is 2. The lowest BCUT2D eigenvalue weighted by Gasteiger charge is -2.13. The van der Waals surface area contributed by atoms with E-state index in [1.807, 2.05) is 25.1 Å².